The first-order chi connectivity index (χ1) is 5.79. The largest absolute Gasteiger partial charge is 0.363 e. The van der Waals surface area contributed by atoms with Gasteiger partial charge in [0, 0.05) is 19.1 Å². The fourth-order valence-electron chi connectivity index (χ4n) is 1.78. The zero-order valence-electron chi connectivity index (χ0n) is 7.97. The number of hydrogen-bond acceptors (Lipinski definition) is 1. The van der Waals surface area contributed by atoms with Crippen LogP contribution in [0.5, 0.6) is 0 Å². The zero-order valence-corrected chi connectivity index (χ0v) is 8.78. The molecule has 1 fully saturated rings. The van der Waals surface area contributed by atoms with Crippen LogP contribution >= 0.6 is 12.2 Å². The first-order valence-electron chi connectivity index (χ1n) is 4.84. The Morgan fingerprint density at radius 1 is 1.58 bits per heavy atom. The normalized spacial score (nSPS) is 22.8. The summed E-state index contributed by atoms with van der Waals surface area (Å²) in [6, 6.07) is 0.691. The van der Waals surface area contributed by atoms with Gasteiger partial charge in [-0.25, -0.2) is 0 Å². The average Bonchev–Trinajstić information content (AvgIpc) is 2.51. The second kappa shape index (κ2) is 4.65. The standard InChI is InChI=1S/C9H18N2S/c1-3-8-6-5-7-11(8)9(12)10-4-2/h8H,3-7H2,1-2H3,(H,10,12). The van der Waals surface area contributed by atoms with Gasteiger partial charge in [0.2, 0.25) is 0 Å². The second-order valence-electron chi connectivity index (χ2n) is 3.23. The summed E-state index contributed by atoms with van der Waals surface area (Å²) in [5, 5.41) is 4.16. The van der Waals surface area contributed by atoms with Crippen LogP contribution in [-0.4, -0.2) is 29.1 Å². The first kappa shape index (κ1) is 9.78. The molecule has 0 amide bonds. The monoisotopic (exact) mass is 186 g/mol. The first-order valence-corrected chi connectivity index (χ1v) is 5.24. The van der Waals surface area contributed by atoms with Gasteiger partial charge < -0.3 is 10.2 Å². The lowest BCUT2D eigenvalue weighted by atomic mass is 10.2. The van der Waals surface area contributed by atoms with E-state index in [1.807, 2.05) is 0 Å². The van der Waals surface area contributed by atoms with Gasteiger partial charge in [0.05, 0.1) is 0 Å². The third-order valence-electron chi connectivity index (χ3n) is 2.44. The van der Waals surface area contributed by atoms with Crippen molar-refractivity contribution in [1.82, 2.24) is 10.2 Å². The maximum Gasteiger partial charge on any atom is 0.169 e. The van der Waals surface area contributed by atoms with Crippen molar-refractivity contribution in [2.75, 3.05) is 13.1 Å². The van der Waals surface area contributed by atoms with Crippen molar-refractivity contribution in [3.05, 3.63) is 0 Å². The van der Waals surface area contributed by atoms with Crippen molar-refractivity contribution in [3.63, 3.8) is 0 Å². The van der Waals surface area contributed by atoms with Crippen LogP contribution in [0.3, 0.4) is 0 Å². The van der Waals surface area contributed by atoms with E-state index in [1.165, 1.54) is 19.3 Å². The molecular formula is C9H18N2S. The molecule has 1 aliphatic heterocycles. The highest BCUT2D eigenvalue weighted by Crippen LogP contribution is 2.19. The van der Waals surface area contributed by atoms with E-state index in [1.54, 1.807) is 0 Å². The van der Waals surface area contributed by atoms with Crippen LogP contribution in [0.25, 0.3) is 0 Å². The summed E-state index contributed by atoms with van der Waals surface area (Å²) in [6.45, 7) is 6.40. The van der Waals surface area contributed by atoms with Crippen LogP contribution in [-0.2, 0) is 0 Å². The van der Waals surface area contributed by atoms with Crippen LogP contribution in [0.15, 0.2) is 0 Å². The zero-order chi connectivity index (χ0) is 8.97. The molecule has 1 unspecified atom stereocenters. The third kappa shape index (κ3) is 2.09. The Labute approximate surface area is 80.3 Å². The SMILES string of the molecule is CCNC(=S)N1CCCC1CC. The highest BCUT2D eigenvalue weighted by molar-refractivity contribution is 7.80. The van der Waals surface area contributed by atoms with E-state index in [-0.39, 0.29) is 0 Å². The Morgan fingerprint density at radius 3 is 2.92 bits per heavy atom. The van der Waals surface area contributed by atoms with Gasteiger partial charge in [-0.1, -0.05) is 6.92 Å². The van der Waals surface area contributed by atoms with Gasteiger partial charge in [0.25, 0.3) is 0 Å². The van der Waals surface area contributed by atoms with Crippen LogP contribution in [0.2, 0.25) is 0 Å². The molecule has 1 aliphatic rings. The summed E-state index contributed by atoms with van der Waals surface area (Å²) in [7, 11) is 0. The number of nitrogens with one attached hydrogen (secondary N) is 1. The fraction of sp³-hybridized carbons (Fsp3) is 0.889. The molecule has 1 rings (SSSR count). The molecule has 2 nitrogen and oxygen atoms in total. The Kier molecular flexibility index (Phi) is 3.79. The maximum atomic E-state index is 5.27. The minimum absolute atomic E-state index is 0.691. The van der Waals surface area contributed by atoms with Crippen LogP contribution in [0.4, 0.5) is 0 Å². The molecule has 0 aromatic carbocycles. The van der Waals surface area contributed by atoms with Crippen LogP contribution in [0.1, 0.15) is 33.1 Å². The number of rotatable bonds is 2. The number of likely N-dealkylation sites (tertiary alicyclic amines) is 1. The predicted octanol–water partition coefficient (Wildman–Crippen LogP) is 1.76. The molecule has 1 atom stereocenters. The topological polar surface area (TPSA) is 15.3 Å². The molecule has 3 heteroatoms. The van der Waals surface area contributed by atoms with Gasteiger partial charge in [-0.15, -0.1) is 0 Å². The van der Waals surface area contributed by atoms with Gasteiger partial charge in [0.15, 0.2) is 5.11 Å². The molecule has 0 spiro atoms. The molecular weight excluding hydrogens is 168 g/mol. The van der Waals surface area contributed by atoms with Crippen molar-refractivity contribution >= 4 is 17.3 Å². The van der Waals surface area contributed by atoms with Crippen molar-refractivity contribution < 1.29 is 0 Å². The van der Waals surface area contributed by atoms with Crippen molar-refractivity contribution in [2.24, 2.45) is 0 Å². The van der Waals surface area contributed by atoms with Gasteiger partial charge in [0.1, 0.15) is 0 Å². The molecule has 0 aliphatic carbocycles. The van der Waals surface area contributed by atoms with Gasteiger partial charge >= 0.3 is 0 Å². The highest BCUT2D eigenvalue weighted by atomic mass is 32.1. The smallest absolute Gasteiger partial charge is 0.169 e. The molecule has 0 aromatic heterocycles. The average molecular weight is 186 g/mol. The quantitative estimate of drug-likeness (QED) is 0.662. The molecule has 0 bridgehead atoms. The lowest BCUT2D eigenvalue weighted by Gasteiger charge is -2.26. The van der Waals surface area contributed by atoms with E-state index in [0.717, 1.165) is 18.2 Å². The van der Waals surface area contributed by atoms with E-state index < -0.39 is 0 Å². The van der Waals surface area contributed by atoms with Crippen molar-refractivity contribution in [1.29, 1.82) is 0 Å². The molecule has 0 saturated carbocycles. The minimum atomic E-state index is 0.691. The number of hydrogen-bond donors (Lipinski definition) is 1. The molecule has 0 aromatic rings. The number of nitrogens with zero attached hydrogens (tertiary/aromatic N) is 1. The molecule has 1 N–H and O–H groups in total. The molecule has 12 heavy (non-hydrogen) atoms. The Bertz CT molecular complexity index is 159. The second-order valence-corrected chi connectivity index (χ2v) is 3.62. The summed E-state index contributed by atoms with van der Waals surface area (Å²) in [5.74, 6) is 0. The summed E-state index contributed by atoms with van der Waals surface area (Å²) >= 11 is 5.27. The van der Waals surface area contributed by atoms with E-state index >= 15 is 0 Å². The summed E-state index contributed by atoms with van der Waals surface area (Å²) < 4.78 is 0. The lowest BCUT2D eigenvalue weighted by Crippen LogP contribution is -2.42. The van der Waals surface area contributed by atoms with Crippen molar-refractivity contribution in [3.8, 4) is 0 Å². The lowest BCUT2D eigenvalue weighted by molar-refractivity contribution is 0.375. The number of thiocarbonyl (C=S) groups is 1. The Balaban J connectivity index is 2.43. The van der Waals surface area contributed by atoms with E-state index in [9.17, 15) is 0 Å². The molecule has 70 valence electrons. The minimum Gasteiger partial charge on any atom is -0.363 e. The van der Waals surface area contributed by atoms with E-state index in [0.29, 0.717) is 6.04 Å². The van der Waals surface area contributed by atoms with Gasteiger partial charge in [-0.05, 0) is 38.4 Å². The van der Waals surface area contributed by atoms with E-state index in [2.05, 4.69) is 24.1 Å². The van der Waals surface area contributed by atoms with Crippen LogP contribution < -0.4 is 5.32 Å². The summed E-state index contributed by atoms with van der Waals surface area (Å²) in [6.07, 6.45) is 3.82. The Morgan fingerprint density at radius 2 is 2.33 bits per heavy atom. The molecule has 1 heterocycles. The predicted molar refractivity (Wildman–Crippen MR) is 56.3 cm³/mol. The van der Waals surface area contributed by atoms with E-state index in [4.69, 9.17) is 12.2 Å². The third-order valence-corrected chi connectivity index (χ3v) is 2.82. The highest BCUT2D eigenvalue weighted by Gasteiger charge is 2.24. The van der Waals surface area contributed by atoms with Crippen molar-refractivity contribution in [2.45, 2.75) is 39.2 Å². The molecule has 1 saturated heterocycles. The maximum absolute atomic E-state index is 5.27. The van der Waals surface area contributed by atoms with Gasteiger partial charge in [-0.3, -0.25) is 0 Å². The summed E-state index contributed by atoms with van der Waals surface area (Å²) in [5.41, 5.74) is 0. The van der Waals surface area contributed by atoms with Crippen LogP contribution in [0, 0.1) is 0 Å². The Hall–Kier alpha value is -0.310. The molecule has 0 radical (unpaired) electrons. The fourth-order valence-corrected chi connectivity index (χ4v) is 2.17. The van der Waals surface area contributed by atoms with Gasteiger partial charge in [-0.2, -0.15) is 0 Å². The summed E-state index contributed by atoms with van der Waals surface area (Å²) in [4.78, 5) is 2.33.